The molecule has 0 heterocycles. The zero-order valence-electron chi connectivity index (χ0n) is 14.1. The number of para-hydroxylation sites is 1. The summed E-state index contributed by atoms with van der Waals surface area (Å²) in [5, 5.41) is 8.18. The van der Waals surface area contributed by atoms with Crippen LogP contribution in [0.5, 0.6) is 0 Å². The van der Waals surface area contributed by atoms with Gasteiger partial charge in [-0.05, 0) is 35.4 Å². The SMILES string of the molecule is CCc1cccc(CC)c1NC(=O)Nc1cccc2ccccc12. The standard InChI is InChI=1S/C21H22N2O/c1-3-15-10-7-11-16(4-2)20(15)23-21(24)22-19-14-8-12-17-9-5-6-13-18(17)19/h5-14H,3-4H2,1-2H3,(H2,22,23,24). The molecule has 0 saturated heterocycles. The molecule has 0 unspecified atom stereocenters. The number of aryl methyl sites for hydroxylation is 2. The Hall–Kier alpha value is -2.81. The fourth-order valence-electron chi connectivity index (χ4n) is 3.00. The van der Waals surface area contributed by atoms with Gasteiger partial charge in [-0.1, -0.05) is 68.4 Å². The number of hydrogen-bond acceptors (Lipinski definition) is 1. The molecule has 3 aromatic carbocycles. The van der Waals surface area contributed by atoms with E-state index in [1.807, 2.05) is 48.5 Å². The number of fused-ring (bicyclic) bond motifs is 1. The minimum Gasteiger partial charge on any atom is -0.307 e. The summed E-state index contributed by atoms with van der Waals surface area (Å²) in [7, 11) is 0. The number of urea groups is 1. The molecule has 0 fully saturated rings. The molecule has 0 radical (unpaired) electrons. The van der Waals surface area contributed by atoms with Gasteiger partial charge in [0.05, 0.1) is 5.69 Å². The van der Waals surface area contributed by atoms with Crippen LogP contribution in [0.2, 0.25) is 0 Å². The lowest BCUT2D eigenvalue weighted by molar-refractivity contribution is 0.262. The second-order valence-corrected chi connectivity index (χ2v) is 5.76. The van der Waals surface area contributed by atoms with E-state index in [0.717, 1.165) is 46.1 Å². The van der Waals surface area contributed by atoms with Crippen LogP contribution in [-0.2, 0) is 12.8 Å². The van der Waals surface area contributed by atoms with E-state index < -0.39 is 0 Å². The van der Waals surface area contributed by atoms with Gasteiger partial charge in [-0.2, -0.15) is 0 Å². The molecule has 2 N–H and O–H groups in total. The monoisotopic (exact) mass is 318 g/mol. The van der Waals surface area contributed by atoms with Crippen molar-refractivity contribution in [1.29, 1.82) is 0 Å². The first-order valence-corrected chi connectivity index (χ1v) is 8.39. The molecular weight excluding hydrogens is 296 g/mol. The Kier molecular flexibility index (Phi) is 4.80. The van der Waals surface area contributed by atoms with Crippen molar-refractivity contribution in [2.24, 2.45) is 0 Å². The van der Waals surface area contributed by atoms with Crippen molar-refractivity contribution in [1.82, 2.24) is 0 Å². The molecule has 0 bridgehead atoms. The molecule has 0 aliphatic heterocycles. The van der Waals surface area contributed by atoms with Crippen LogP contribution in [0.1, 0.15) is 25.0 Å². The van der Waals surface area contributed by atoms with Gasteiger partial charge in [0.1, 0.15) is 0 Å². The summed E-state index contributed by atoms with van der Waals surface area (Å²) in [4.78, 5) is 12.5. The van der Waals surface area contributed by atoms with Crippen LogP contribution in [0.25, 0.3) is 10.8 Å². The van der Waals surface area contributed by atoms with Crippen LogP contribution >= 0.6 is 0 Å². The van der Waals surface area contributed by atoms with E-state index in [1.165, 1.54) is 0 Å². The first-order valence-electron chi connectivity index (χ1n) is 8.39. The van der Waals surface area contributed by atoms with Gasteiger partial charge in [0, 0.05) is 11.1 Å². The third-order valence-corrected chi connectivity index (χ3v) is 4.28. The Morgan fingerprint density at radius 1 is 0.792 bits per heavy atom. The Labute approximate surface area is 142 Å². The maximum Gasteiger partial charge on any atom is 0.323 e. The smallest absolute Gasteiger partial charge is 0.307 e. The molecule has 0 saturated carbocycles. The van der Waals surface area contributed by atoms with E-state index in [9.17, 15) is 4.79 Å². The van der Waals surface area contributed by atoms with Gasteiger partial charge in [0.15, 0.2) is 0 Å². The van der Waals surface area contributed by atoms with Gasteiger partial charge in [-0.3, -0.25) is 0 Å². The van der Waals surface area contributed by atoms with Gasteiger partial charge in [0.2, 0.25) is 0 Å². The molecule has 122 valence electrons. The summed E-state index contributed by atoms with van der Waals surface area (Å²) in [6, 6.07) is 19.9. The van der Waals surface area contributed by atoms with E-state index >= 15 is 0 Å². The Morgan fingerprint density at radius 3 is 2.12 bits per heavy atom. The first kappa shape index (κ1) is 16.1. The second kappa shape index (κ2) is 7.18. The third kappa shape index (κ3) is 3.25. The topological polar surface area (TPSA) is 41.1 Å². The maximum absolute atomic E-state index is 12.5. The van der Waals surface area contributed by atoms with Crippen molar-refractivity contribution < 1.29 is 4.79 Å². The largest absolute Gasteiger partial charge is 0.323 e. The molecule has 3 rings (SSSR count). The summed E-state index contributed by atoms with van der Waals surface area (Å²) in [5.41, 5.74) is 4.06. The summed E-state index contributed by atoms with van der Waals surface area (Å²) in [6.07, 6.45) is 1.77. The minimum atomic E-state index is -0.207. The molecule has 0 aliphatic carbocycles. The third-order valence-electron chi connectivity index (χ3n) is 4.28. The minimum absolute atomic E-state index is 0.207. The number of rotatable bonds is 4. The first-order chi connectivity index (χ1) is 11.7. The van der Waals surface area contributed by atoms with Crippen molar-refractivity contribution in [3.63, 3.8) is 0 Å². The molecule has 0 atom stereocenters. The molecule has 2 amide bonds. The number of nitrogens with one attached hydrogen (secondary N) is 2. The maximum atomic E-state index is 12.5. The highest BCUT2D eigenvalue weighted by atomic mass is 16.2. The lowest BCUT2D eigenvalue weighted by atomic mass is 10.0. The number of hydrogen-bond donors (Lipinski definition) is 2. The fourth-order valence-corrected chi connectivity index (χ4v) is 3.00. The number of benzene rings is 3. The van der Waals surface area contributed by atoms with Crippen molar-refractivity contribution in [2.45, 2.75) is 26.7 Å². The number of anilines is 2. The Morgan fingerprint density at radius 2 is 1.42 bits per heavy atom. The van der Waals surface area contributed by atoms with Crippen molar-refractivity contribution >= 4 is 28.2 Å². The number of carbonyl (C=O) groups is 1. The van der Waals surface area contributed by atoms with Crippen LogP contribution in [0.3, 0.4) is 0 Å². The van der Waals surface area contributed by atoms with Crippen molar-refractivity contribution in [2.75, 3.05) is 10.6 Å². The average Bonchev–Trinajstić information content (AvgIpc) is 2.62. The molecule has 0 aliphatic rings. The highest BCUT2D eigenvalue weighted by Crippen LogP contribution is 2.25. The molecule has 24 heavy (non-hydrogen) atoms. The summed E-state index contributed by atoms with van der Waals surface area (Å²) >= 11 is 0. The van der Waals surface area contributed by atoms with E-state index in [4.69, 9.17) is 0 Å². The van der Waals surface area contributed by atoms with Crippen LogP contribution in [0, 0.1) is 0 Å². The Bertz CT molecular complexity index is 843. The molecule has 3 nitrogen and oxygen atoms in total. The summed E-state index contributed by atoms with van der Waals surface area (Å²) in [5.74, 6) is 0. The zero-order chi connectivity index (χ0) is 16.9. The van der Waals surface area contributed by atoms with Gasteiger partial charge >= 0.3 is 6.03 Å². The van der Waals surface area contributed by atoms with E-state index in [-0.39, 0.29) is 6.03 Å². The normalized spacial score (nSPS) is 10.6. The number of amides is 2. The van der Waals surface area contributed by atoms with E-state index in [1.54, 1.807) is 0 Å². The van der Waals surface area contributed by atoms with Crippen LogP contribution in [0.4, 0.5) is 16.2 Å². The average molecular weight is 318 g/mol. The quantitative estimate of drug-likeness (QED) is 0.645. The molecule has 0 spiro atoms. The van der Waals surface area contributed by atoms with Gasteiger partial charge in [0.25, 0.3) is 0 Å². The highest BCUT2D eigenvalue weighted by molar-refractivity contribution is 6.06. The van der Waals surface area contributed by atoms with Crippen LogP contribution in [-0.4, -0.2) is 6.03 Å². The predicted molar refractivity (Wildman–Crippen MR) is 102 cm³/mol. The second-order valence-electron chi connectivity index (χ2n) is 5.76. The molecule has 3 heteroatoms. The lowest BCUT2D eigenvalue weighted by Crippen LogP contribution is -2.21. The van der Waals surface area contributed by atoms with Crippen molar-refractivity contribution in [3.8, 4) is 0 Å². The lowest BCUT2D eigenvalue weighted by Gasteiger charge is -2.15. The van der Waals surface area contributed by atoms with Crippen LogP contribution in [0.15, 0.2) is 60.7 Å². The van der Waals surface area contributed by atoms with Crippen LogP contribution < -0.4 is 10.6 Å². The molecule has 3 aromatic rings. The zero-order valence-corrected chi connectivity index (χ0v) is 14.1. The van der Waals surface area contributed by atoms with Crippen molar-refractivity contribution in [3.05, 3.63) is 71.8 Å². The Balaban J connectivity index is 1.86. The predicted octanol–water partition coefficient (Wildman–Crippen LogP) is 5.61. The number of carbonyl (C=O) groups excluding carboxylic acids is 1. The summed E-state index contributed by atoms with van der Waals surface area (Å²) in [6.45, 7) is 4.20. The molecule has 0 aromatic heterocycles. The van der Waals surface area contributed by atoms with E-state index in [2.05, 4.69) is 36.6 Å². The highest BCUT2D eigenvalue weighted by Gasteiger charge is 2.11. The van der Waals surface area contributed by atoms with Gasteiger partial charge in [-0.25, -0.2) is 4.79 Å². The summed E-state index contributed by atoms with van der Waals surface area (Å²) < 4.78 is 0. The fraction of sp³-hybridized carbons (Fsp3) is 0.190. The molecular formula is C21H22N2O. The van der Waals surface area contributed by atoms with Gasteiger partial charge in [-0.15, -0.1) is 0 Å². The van der Waals surface area contributed by atoms with E-state index in [0.29, 0.717) is 0 Å². The van der Waals surface area contributed by atoms with Gasteiger partial charge < -0.3 is 10.6 Å².